The van der Waals surface area contributed by atoms with Crippen molar-refractivity contribution >= 4 is 28.7 Å². The molecule has 1 N–H and O–H groups in total. The summed E-state index contributed by atoms with van der Waals surface area (Å²) in [7, 11) is 1.60. The number of rotatable bonds is 7. The minimum Gasteiger partial charge on any atom is -0.503 e. The lowest BCUT2D eigenvalue weighted by atomic mass is 9.89. The van der Waals surface area contributed by atoms with Crippen LogP contribution in [0.5, 0.6) is 0 Å². The van der Waals surface area contributed by atoms with E-state index in [1.54, 1.807) is 32.3 Å². The number of thiophene rings is 1. The molecule has 0 radical (unpaired) electrons. The molecule has 5 nitrogen and oxygen atoms in total. The molecule has 2 aromatic carbocycles. The van der Waals surface area contributed by atoms with Gasteiger partial charge < -0.3 is 9.84 Å². The predicted octanol–water partition coefficient (Wildman–Crippen LogP) is 6.00. The summed E-state index contributed by atoms with van der Waals surface area (Å²) in [5.74, 6) is -1.67. The van der Waals surface area contributed by atoms with Crippen molar-refractivity contribution in [3.8, 4) is 11.1 Å². The van der Waals surface area contributed by atoms with E-state index < -0.39 is 17.7 Å². The first kappa shape index (κ1) is 23.0. The zero-order valence-electron chi connectivity index (χ0n) is 19.2. The van der Waals surface area contributed by atoms with Crippen LogP contribution in [0.25, 0.3) is 11.1 Å². The van der Waals surface area contributed by atoms with Crippen LogP contribution in [0.2, 0.25) is 0 Å². The van der Waals surface area contributed by atoms with Gasteiger partial charge in [-0.2, -0.15) is 0 Å². The molecule has 2 heterocycles. The molecule has 0 aliphatic carbocycles. The van der Waals surface area contributed by atoms with E-state index in [1.165, 1.54) is 9.78 Å². The number of benzene rings is 2. The maximum atomic E-state index is 13.3. The van der Waals surface area contributed by atoms with Gasteiger partial charge in [-0.05, 0) is 52.8 Å². The summed E-state index contributed by atoms with van der Waals surface area (Å²) in [6.07, 6.45) is 0. The van der Waals surface area contributed by atoms with Gasteiger partial charge in [-0.1, -0.05) is 50.2 Å². The van der Waals surface area contributed by atoms with Gasteiger partial charge in [0.15, 0.2) is 11.5 Å². The molecule has 1 amide bonds. The van der Waals surface area contributed by atoms with Gasteiger partial charge in [0.2, 0.25) is 0 Å². The Bertz CT molecular complexity index is 1220. The molecule has 6 heteroatoms. The van der Waals surface area contributed by atoms with E-state index in [9.17, 15) is 14.7 Å². The van der Waals surface area contributed by atoms with E-state index in [4.69, 9.17) is 4.74 Å². The highest BCUT2D eigenvalue weighted by atomic mass is 32.1. The molecule has 0 spiro atoms. The monoisotopic (exact) mass is 461 g/mol. The number of nitrogens with zero attached hydrogens (tertiary/aromatic N) is 1. The first-order valence-electron chi connectivity index (χ1n) is 10.9. The lowest BCUT2D eigenvalue weighted by Gasteiger charge is -2.29. The van der Waals surface area contributed by atoms with Crippen LogP contribution < -0.4 is 4.90 Å². The third-order valence-corrected chi connectivity index (χ3v) is 6.72. The lowest BCUT2D eigenvalue weighted by molar-refractivity contribution is -0.119. The Kier molecular flexibility index (Phi) is 6.49. The lowest BCUT2D eigenvalue weighted by Crippen LogP contribution is -2.32. The molecule has 0 bridgehead atoms. The van der Waals surface area contributed by atoms with Crippen molar-refractivity contribution in [3.05, 3.63) is 87.3 Å². The number of aliphatic hydroxyl groups excluding tert-OH is 1. The van der Waals surface area contributed by atoms with E-state index >= 15 is 0 Å². The Morgan fingerprint density at radius 1 is 1.12 bits per heavy atom. The zero-order chi connectivity index (χ0) is 23.7. The number of ketones is 1. The molecule has 33 heavy (non-hydrogen) atoms. The molecular formula is C27H27NO4S. The average Bonchev–Trinajstić information content (AvgIpc) is 3.35. The fourth-order valence-corrected chi connectivity index (χ4v) is 4.94. The first-order chi connectivity index (χ1) is 15.8. The van der Waals surface area contributed by atoms with Crippen molar-refractivity contribution < 1.29 is 19.4 Å². The van der Waals surface area contributed by atoms with Crippen molar-refractivity contribution in [1.82, 2.24) is 0 Å². The molecule has 4 rings (SSSR count). The summed E-state index contributed by atoms with van der Waals surface area (Å²) in [5, 5.41) is 12.9. The number of Topliss-reactive ketones (excluding diaryl/α,β-unsaturated/α-hetero) is 1. The summed E-state index contributed by atoms with van der Waals surface area (Å²) in [6.45, 7) is 5.93. The second kappa shape index (κ2) is 9.33. The Morgan fingerprint density at radius 3 is 2.42 bits per heavy atom. The van der Waals surface area contributed by atoms with Gasteiger partial charge in [-0.3, -0.25) is 14.5 Å². The molecule has 170 valence electrons. The topological polar surface area (TPSA) is 66.8 Å². The molecule has 1 aliphatic heterocycles. The maximum absolute atomic E-state index is 13.3. The minimum absolute atomic E-state index is 0.135. The fraction of sp³-hybridized carbons (Fsp3) is 0.259. The van der Waals surface area contributed by atoms with Crippen molar-refractivity contribution in [2.24, 2.45) is 5.92 Å². The highest BCUT2D eigenvalue weighted by Crippen LogP contribution is 2.43. The van der Waals surface area contributed by atoms with Crippen LogP contribution in [0.4, 0.5) is 5.69 Å². The summed E-state index contributed by atoms with van der Waals surface area (Å²) >= 11 is 1.69. The van der Waals surface area contributed by atoms with E-state index in [1.807, 2.05) is 48.5 Å². The number of amides is 1. The Morgan fingerprint density at radius 2 is 1.82 bits per heavy atom. The van der Waals surface area contributed by atoms with E-state index in [-0.39, 0.29) is 17.3 Å². The molecular weight excluding hydrogens is 434 g/mol. The number of carbonyl (C=O) groups is 2. The maximum Gasteiger partial charge on any atom is 0.294 e. The molecule has 0 saturated heterocycles. The van der Waals surface area contributed by atoms with Gasteiger partial charge in [0.25, 0.3) is 5.91 Å². The van der Waals surface area contributed by atoms with Crippen LogP contribution in [-0.2, 0) is 20.9 Å². The average molecular weight is 462 g/mol. The summed E-state index contributed by atoms with van der Waals surface area (Å²) in [4.78, 5) is 29.2. The van der Waals surface area contributed by atoms with Crippen LogP contribution in [0, 0.1) is 12.8 Å². The molecule has 1 unspecified atom stereocenters. The number of aliphatic hydroxyl groups is 1. The molecule has 1 aliphatic rings. The number of aryl methyl sites for hydroxylation is 1. The number of carbonyl (C=O) groups excluding carboxylic acids is 2. The first-order valence-corrected chi connectivity index (χ1v) is 11.7. The highest BCUT2D eigenvalue weighted by molar-refractivity contribution is 7.10. The normalized spacial score (nSPS) is 16.2. The van der Waals surface area contributed by atoms with Crippen molar-refractivity contribution in [2.75, 3.05) is 12.0 Å². The van der Waals surface area contributed by atoms with Crippen LogP contribution >= 0.6 is 11.3 Å². The van der Waals surface area contributed by atoms with Gasteiger partial charge in [0.05, 0.1) is 18.2 Å². The summed E-state index contributed by atoms with van der Waals surface area (Å²) in [6, 6.07) is 16.6. The molecule has 0 fully saturated rings. The smallest absolute Gasteiger partial charge is 0.294 e. The Balaban J connectivity index is 1.83. The van der Waals surface area contributed by atoms with Gasteiger partial charge in [-0.15, -0.1) is 11.3 Å². The van der Waals surface area contributed by atoms with Gasteiger partial charge in [0.1, 0.15) is 0 Å². The molecule has 0 saturated carbocycles. The van der Waals surface area contributed by atoms with Crippen LogP contribution in [-0.4, -0.2) is 23.9 Å². The zero-order valence-corrected chi connectivity index (χ0v) is 20.0. The van der Waals surface area contributed by atoms with E-state index in [0.717, 1.165) is 22.3 Å². The number of hydrogen-bond donors (Lipinski definition) is 1. The van der Waals surface area contributed by atoms with Crippen LogP contribution in [0.1, 0.15) is 35.9 Å². The molecule has 1 atom stereocenters. The number of methoxy groups -OCH3 is 1. The standard InChI is InChI=1S/C27H27NO4S/c1-16(2)25(29)23-24(22-8-6-5-7-19(22)14-32-4)28(27(31)26(23)30)21-11-9-18(10-12-21)20-13-17(3)33-15-20/h5-13,15-16,24,30H,14H2,1-4H3. The highest BCUT2D eigenvalue weighted by Gasteiger charge is 2.45. The number of anilines is 1. The molecule has 3 aromatic rings. The van der Waals surface area contributed by atoms with Crippen LogP contribution in [0.15, 0.2) is 71.3 Å². The second-order valence-corrected chi connectivity index (χ2v) is 9.60. The van der Waals surface area contributed by atoms with Crippen LogP contribution in [0.3, 0.4) is 0 Å². The van der Waals surface area contributed by atoms with E-state index in [0.29, 0.717) is 12.3 Å². The number of ether oxygens (including phenoxy) is 1. The van der Waals surface area contributed by atoms with Gasteiger partial charge in [0, 0.05) is 23.6 Å². The summed E-state index contributed by atoms with van der Waals surface area (Å²) < 4.78 is 5.37. The third-order valence-electron chi connectivity index (χ3n) is 5.86. The SMILES string of the molecule is COCc1ccccc1C1C(C(=O)C(C)C)=C(O)C(=O)N1c1ccc(-c2csc(C)c2)cc1. The van der Waals surface area contributed by atoms with Crippen molar-refractivity contribution in [2.45, 2.75) is 33.4 Å². The van der Waals surface area contributed by atoms with Gasteiger partial charge >= 0.3 is 0 Å². The quantitative estimate of drug-likeness (QED) is 0.469. The van der Waals surface area contributed by atoms with Crippen molar-refractivity contribution in [1.29, 1.82) is 0 Å². The largest absolute Gasteiger partial charge is 0.503 e. The Labute approximate surface area is 197 Å². The summed E-state index contributed by atoms with van der Waals surface area (Å²) in [5.41, 5.74) is 4.54. The van der Waals surface area contributed by atoms with Crippen molar-refractivity contribution in [3.63, 3.8) is 0 Å². The van der Waals surface area contributed by atoms with Gasteiger partial charge in [-0.25, -0.2) is 0 Å². The number of hydrogen-bond acceptors (Lipinski definition) is 5. The second-order valence-electron chi connectivity index (χ2n) is 8.48. The third kappa shape index (κ3) is 4.24. The predicted molar refractivity (Wildman–Crippen MR) is 131 cm³/mol. The molecule has 1 aromatic heterocycles. The minimum atomic E-state index is -0.729. The van der Waals surface area contributed by atoms with E-state index in [2.05, 4.69) is 18.4 Å². The Hall–Kier alpha value is -3.22. The fourth-order valence-electron chi connectivity index (χ4n) is 4.23.